The standard InChI is InChI=1S/C26H29N3O4S/c1-34(31,32)29(20-22-8-4-2-5-9-22)24-12-14-25(15-13-24)33-21-26(30)28-18-16-27(17-19-28)23-10-6-3-7-11-23/h2-15H,16-21H2,1H3. The summed E-state index contributed by atoms with van der Waals surface area (Å²) < 4.78 is 31.8. The van der Waals surface area contributed by atoms with E-state index in [-0.39, 0.29) is 19.1 Å². The second kappa shape index (κ2) is 10.6. The molecule has 0 radical (unpaired) electrons. The van der Waals surface area contributed by atoms with Crippen LogP contribution in [0.4, 0.5) is 11.4 Å². The van der Waals surface area contributed by atoms with Crippen LogP contribution >= 0.6 is 0 Å². The van der Waals surface area contributed by atoms with E-state index >= 15 is 0 Å². The Morgan fingerprint density at radius 1 is 0.853 bits per heavy atom. The van der Waals surface area contributed by atoms with Crippen LogP contribution in [-0.4, -0.2) is 58.3 Å². The van der Waals surface area contributed by atoms with Gasteiger partial charge in [0.2, 0.25) is 10.0 Å². The Kier molecular flexibility index (Phi) is 7.37. The third-order valence-electron chi connectivity index (χ3n) is 5.81. The van der Waals surface area contributed by atoms with Gasteiger partial charge in [0.15, 0.2) is 6.61 Å². The summed E-state index contributed by atoms with van der Waals surface area (Å²) >= 11 is 0. The monoisotopic (exact) mass is 479 g/mol. The lowest BCUT2D eigenvalue weighted by molar-refractivity contribution is -0.133. The number of piperazine rings is 1. The molecule has 0 spiro atoms. The van der Waals surface area contributed by atoms with Gasteiger partial charge >= 0.3 is 0 Å². The maximum atomic E-state index is 12.6. The molecule has 0 bridgehead atoms. The maximum absolute atomic E-state index is 12.6. The molecule has 1 saturated heterocycles. The molecule has 0 saturated carbocycles. The highest BCUT2D eigenvalue weighted by Crippen LogP contribution is 2.24. The molecule has 1 fully saturated rings. The van der Waals surface area contributed by atoms with E-state index in [2.05, 4.69) is 17.0 Å². The second-order valence-corrected chi connectivity index (χ2v) is 10.1. The normalized spacial score (nSPS) is 14.0. The van der Waals surface area contributed by atoms with Crippen molar-refractivity contribution in [3.05, 3.63) is 90.5 Å². The van der Waals surface area contributed by atoms with Gasteiger partial charge in [-0.2, -0.15) is 0 Å². The molecule has 1 amide bonds. The number of hydrogen-bond acceptors (Lipinski definition) is 5. The molecule has 0 atom stereocenters. The van der Waals surface area contributed by atoms with Crippen molar-refractivity contribution >= 4 is 27.3 Å². The van der Waals surface area contributed by atoms with E-state index in [0.29, 0.717) is 24.5 Å². The van der Waals surface area contributed by atoms with Gasteiger partial charge in [-0.1, -0.05) is 48.5 Å². The number of carbonyl (C=O) groups excluding carboxylic acids is 1. The van der Waals surface area contributed by atoms with Crippen LogP contribution in [0.15, 0.2) is 84.9 Å². The van der Waals surface area contributed by atoms with Crippen molar-refractivity contribution in [3.8, 4) is 5.75 Å². The van der Waals surface area contributed by atoms with Crippen molar-refractivity contribution in [3.63, 3.8) is 0 Å². The molecule has 3 aromatic rings. The fraction of sp³-hybridized carbons (Fsp3) is 0.269. The molecule has 1 aliphatic rings. The van der Waals surface area contributed by atoms with Crippen LogP contribution in [0.5, 0.6) is 5.75 Å². The predicted octanol–water partition coefficient (Wildman–Crippen LogP) is 3.38. The number of benzene rings is 3. The minimum Gasteiger partial charge on any atom is -0.484 e. The maximum Gasteiger partial charge on any atom is 0.260 e. The Hall–Kier alpha value is -3.52. The van der Waals surface area contributed by atoms with Gasteiger partial charge in [0.1, 0.15) is 5.75 Å². The molecule has 0 unspecified atom stereocenters. The first-order valence-electron chi connectivity index (χ1n) is 11.2. The lowest BCUT2D eigenvalue weighted by Gasteiger charge is -2.36. The van der Waals surface area contributed by atoms with E-state index in [1.165, 1.54) is 16.2 Å². The molecule has 1 heterocycles. The quantitative estimate of drug-likeness (QED) is 0.495. The lowest BCUT2D eigenvalue weighted by Crippen LogP contribution is -2.50. The molecule has 7 nitrogen and oxygen atoms in total. The van der Waals surface area contributed by atoms with Crippen molar-refractivity contribution in [2.75, 3.05) is 48.2 Å². The Morgan fingerprint density at radius 3 is 2.03 bits per heavy atom. The molecule has 0 aromatic heterocycles. The number of sulfonamides is 1. The molecule has 4 rings (SSSR count). The van der Waals surface area contributed by atoms with E-state index < -0.39 is 10.0 Å². The highest BCUT2D eigenvalue weighted by Gasteiger charge is 2.22. The smallest absolute Gasteiger partial charge is 0.260 e. The zero-order valence-corrected chi connectivity index (χ0v) is 20.0. The Balaban J connectivity index is 1.31. The first-order valence-corrected chi connectivity index (χ1v) is 13.1. The molecule has 34 heavy (non-hydrogen) atoms. The number of rotatable bonds is 8. The third kappa shape index (κ3) is 6.08. The number of para-hydroxylation sites is 1. The molecule has 0 N–H and O–H groups in total. The van der Waals surface area contributed by atoms with Gasteiger partial charge in [-0.25, -0.2) is 8.42 Å². The Labute approximate surface area is 201 Å². The van der Waals surface area contributed by atoms with Crippen LogP contribution in [0.1, 0.15) is 5.56 Å². The van der Waals surface area contributed by atoms with Gasteiger partial charge in [-0.05, 0) is 42.0 Å². The lowest BCUT2D eigenvalue weighted by atomic mass is 10.2. The topological polar surface area (TPSA) is 70.2 Å². The van der Waals surface area contributed by atoms with Gasteiger partial charge in [-0.15, -0.1) is 0 Å². The molecule has 8 heteroatoms. The van der Waals surface area contributed by atoms with Crippen molar-refractivity contribution in [1.29, 1.82) is 0 Å². The fourth-order valence-electron chi connectivity index (χ4n) is 3.95. The van der Waals surface area contributed by atoms with Crippen LogP contribution in [0.25, 0.3) is 0 Å². The molecular weight excluding hydrogens is 450 g/mol. The number of nitrogens with zero attached hydrogens (tertiary/aromatic N) is 3. The minimum absolute atomic E-state index is 0.0511. The average molecular weight is 480 g/mol. The summed E-state index contributed by atoms with van der Waals surface area (Å²) in [6, 6.07) is 26.4. The largest absolute Gasteiger partial charge is 0.484 e. The van der Waals surface area contributed by atoms with Crippen LogP contribution in [-0.2, 0) is 21.4 Å². The summed E-state index contributed by atoms with van der Waals surface area (Å²) in [5.74, 6) is 0.465. The molecular formula is C26H29N3O4S. The summed E-state index contributed by atoms with van der Waals surface area (Å²) in [6.07, 6.45) is 1.19. The van der Waals surface area contributed by atoms with Crippen LogP contribution in [0.3, 0.4) is 0 Å². The van der Waals surface area contributed by atoms with Crippen molar-refractivity contribution in [2.24, 2.45) is 0 Å². The summed E-state index contributed by atoms with van der Waals surface area (Å²) in [5.41, 5.74) is 2.61. The van der Waals surface area contributed by atoms with E-state index in [0.717, 1.165) is 18.7 Å². The SMILES string of the molecule is CS(=O)(=O)N(Cc1ccccc1)c1ccc(OCC(=O)N2CCN(c3ccccc3)CC2)cc1. The fourth-order valence-corrected chi connectivity index (χ4v) is 4.84. The second-order valence-electron chi connectivity index (χ2n) is 8.24. The number of hydrogen-bond donors (Lipinski definition) is 0. The Morgan fingerprint density at radius 2 is 1.44 bits per heavy atom. The van der Waals surface area contributed by atoms with E-state index in [1.807, 2.05) is 53.4 Å². The number of anilines is 2. The van der Waals surface area contributed by atoms with Crippen molar-refractivity contribution in [2.45, 2.75) is 6.54 Å². The summed E-state index contributed by atoms with van der Waals surface area (Å²) in [5, 5.41) is 0. The van der Waals surface area contributed by atoms with Gasteiger partial charge < -0.3 is 14.5 Å². The summed E-state index contributed by atoms with van der Waals surface area (Å²) in [7, 11) is -3.47. The van der Waals surface area contributed by atoms with Crippen molar-refractivity contribution < 1.29 is 17.9 Å². The highest BCUT2D eigenvalue weighted by molar-refractivity contribution is 7.92. The summed E-state index contributed by atoms with van der Waals surface area (Å²) in [4.78, 5) is 16.7. The number of carbonyl (C=O) groups is 1. The molecule has 178 valence electrons. The first-order chi connectivity index (χ1) is 16.4. The molecule has 0 aliphatic carbocycles. The van der Waals surface area contributed by atoms with Gasteiger partial charge in [0.05, 0.1) is 18.5 Å². The van der Waals surface area contributed by atoms with Gasteiger partial charge in [-0.3, -0.25) is 9.10 Å². The minimum atomic E-state index is -3.47. The van der Waals surface area contributed by atoms with Crippen LogP contribution < -0.4 is 13.9 Å². The van der Waals surface area contributed by atoms with Gasteiger partial charge in [0, 0.05) is 31.9 Å². The first kappa shape index (κ1) is 23.6. The highest BCUT2D eigenvalue weighted by atomic mass is 32.2. The number of ether oxygens (including phenoxy) is 1. The van der Waals surface area contributed by atoms with Crippen LogP contribution in [0, 0.1) is 0 Å². The van der Waals surface area contributed by atoms with Crippen molar-refractivity contribution in [1.82, 2.24) is 4.90 Å². The average Bonchev–Trinajstić information content (AvgIpc) is 2.87. The van der Waals surface area contributed by atoms with Gasteiger partial charge in [0.25, 0.3) is 5.91 Å². The van der Waals surface area contributed by atoms with E-state index in [1.54, 1.807) is 24.3 Å². The van der Waals surface area contributed by atoms with E-state index in [9.17, 15) is 13.2 Å². The number of amides is 1. The predicted molar refractivity (Wildman–Crippen MR) is 135 cm³/mol. The van der Waals surface area contributed by atoms with Crippen LogP contribution in [0.2, 0.25) is 0 Å². The molecule has 3 aromatic carbocycles. The Bertz CT molecular complexity index is 1180. The third-order valence-corrected chi connectivity index (χ3v) is 6.95. The zero-order chi connectivity index (χ0) is 24.0. The molecule has 1 aliphatic heterocycles. The zero-order valence-electron chi connectivity index (χ0n) is 19.2. The summed E-state index contributed by atoms with van der Waals surface area (Å²) in [6.45, 7) is 3.07. The van der Waals surface area contributed by atoms with E-state index in [4.69, 9.17) is 4.74 Å².